The van der Waals surface area contributed by atoms with Gasteiger partial charge in [-0.2, -0.15) is 0 Å². The van der Waals surface area contributed by atoms with E-state index in [2.05, 4.69) is 19.1 Å². The van der Waals surface area contributed by atoms with E-state index in [1.807, 2.05) is 12.2 Å². The third-order valence-electron chi connectivity index (χ3n) is 1.01. The highest BCUT2D eigenvalue weighted by Gasteiger charge is 1.94. The molecule has 0 heterocycles. The molecule has 0 spiro atoms. The third kappa shape index (κ3) is 1.19. The number of hydrogen-bond acceptors (Lipinski definition) is 0. The summed E-state index contributed by atoms with van der Waals surface area (Å²) in [5.74, 6) is 1.42. The monoisotopic (exact) mass is 92.1 g/mol. The molecule has 36 valence electrons. The minimum atomic E-state index is 1.08. The predicted molar refractivity (Wildman–Crippen MR) is 30.5 cm³/mol. The number of hydrogen-bond donors (Lipinski definition) is 0. The van der Waals surface area contributed by atoms with Gasteiger partial charge in [-0.25, -0.2) is 0 Å². The van der Waals surface area contributed by atoms with Gasteiger partial charge in [0.15, 0.2) is 0 Å². The van der Waals surface area contributed by atoms with Gasteiger partial charge in [0.25, 0.3) is 0 Å². The first-order valence-electron chi connectivity index (χ1n) is 2.46. The quantitative estimate of drug-likeness (QED) is 0.428. The normalized spacial score (nSPS) is 20.7. The highest BCUT2D eigenvalue weighted by atomic mass is 14.0. The molecule has 0 bridgehead atoms. The molecular formula is C7H8. The van der Waals surface area contributed by atoms with Crippen LogP contribution < -0.4 is 0 Å². The van der Waals surface area contributed by atoms with Gasteiger partial charge in [0.2, 0.25) is 0 Å². The Kier molecular flexibility index (Phi) is 1.30. The molecule has 0 amide bonds. The summed E-state index contributed by atoms with van der Waals surface area (Å²) in [6.45, 7) is 2.12. The average molecular weight is 92.1 g/mol. The zero-order valence-electron chi connectivity index (χ0n) is 4.44. The second-order valence-electron chi connectivity index (χ2n) is 1.75. The van der Waals surface area contributed by atoms with Gasteiger partial charge >= 0.3 is 0 Å². The zero-order valence-corrected chi connectivity index (χ0v) is 4.44. The molecule has 0 saturated heterocycles. The predicted octanol–water partition coefficient (Wildman–Crippen LogP) is 1.90. The standard InChI is InChI=1S/C7H8/c1-7-5-3-2-4-6-7/h3-5H,6H2,1H3. The molecule has 2 radical (unpaired) electrons. The Morgan fingerprint density at radius 3 is 2.86 bits per heavy atom. The molecule has 0 aromatic rings. The maximum Gasteiger partial charge on any atom is -0.00171 e. The smallest absolute Gasteiger partial charge is 0.00171 e. The molecule has 0 unspecified atom stereocenters. The maximum absolute atomic E-state index is 2.99. The van der Waals surface area contributed by atoms with Crippen LogP contribution in [-0.4, -0.2) is 0 Å². The zero-order chi connectivity index (χ0) is 5.11. The van der Waals surface area contributed by atoms with Crippen LogP contribution in [0.2, 0.25) is 0 Å². The summed E-state index contributed by atoms with van der Waals surface area (Å²) in [4.78, 5) is 0. The fraction of sp³-hybridized carbons (Fsp3) is 0.286. The van der Waals surface area contributed by atoms with Crippen molar-refractivity contribution in [2.45, 2.75) is 13.3 Å². The van der Waals surface area contributed by atoms with E-state index in [1.165, 1.54) is 5.92 Å². The van der Waals surface area contributed by atoms with Crippen molar-refractivity contribution in [1.82, 2.24) is 0 Å². The summed E-state index contributed by atoms with van der Waals surface area (Å²) in [5, 5.41) is 0. The Labute approximate surface area is 44.5 Å². The Morgan fingerprint density at radius 1 is 1.71 bits per heavy atom. The lowest BCUT2D eigenvalue weighted by atomic mass is 10.0. The van der Waals surface area contributed by atoms with Crippen LogP contribution in [0.5, 0.6) is 0 Å². The summed E-state index contributed by atoms with van der Waals surface area (Å²) >= 11 is 0. The molecule has 0 nitrogen and oxygen atoms in total. The van der Waals surface area contributed by atoms with Crippen LogP contribution >= 0.6 is 0 Å². The van der Waals surface area contributed by atoms with E-state index in [-0.39, 0.29) is 0 Å². The summed E-state index contributed by atoms with van der Waals surface area (Å²) in [5.41, 5.74) is 0. The Morgan fingerprint density at radius 2 is 2.57 bits per heavy atom. The van der Waals surface area contributed by atoms with Crippen molar-refractivity contribution >= 4 is 0 Å². The van der Waals surface area contributed by atoms with Crippen molar-refractivity contribution in [2.75, 3.05) is 0 Å². The number of allylic oxidation sites excluding steroid dienone is 4. The Bertz CT molecular complexity index is 98.6. The van der Waals surface area contributed by atoms with E-state index in [9.17, 15) is 0 Å². The topological polar surface area (TPSA) is 0 Å². The lowest BCUT2D eigenvalue weighted by Gasteiger charge is -2.00. The molecule has 0 N–H and O–H groups in total. The molecule has 0 saturated carbocycles. The van der Waals surface area contributed by atoms with Gasteiger partial charge in [0, 0.05) is 0 Å². The van der Waals surface area contributed by atoms with E-state index in [1.54, 1.807) is 0 Å². The van der Waals surface area contributed by atoms with Crippen LogP contribution in [0.3, 0.4) is 0 Å². The van der Waals surface area contributed by atoms with E-state index in [0.717, 1.165) is 6.42 Å². The number of rotatable bonds is 0. The van der Waals surface area contributed by atoms with E-state index in [0.29, 0.717) is 0 Å². The first-order valence-corrected chi connectivity index (χ1v) is 2.46. The van der Waals surface area contributed by atoms with Crippen LogP contribution in [0.1, 0.15) is 13.3 Å². The molecule has 7 heavy (non-hydrogen) atoms. The average Bonchev–Trinajstić information content (AvgIpc) is 1.69. The van der Waals surface area contributed by atoms with Gasteiger partial charge in [-0.3, -0.25) is 0 Å². The van der Waals surface area contributed by atoms with E-state index < -0.39 is 0 Å². The van der Waals surface area contributed by atoms with Gasteiger partial charge in [-0.1, -0.05) is 25.2 Å². The lowest BCUT2D eigenvalue weighted by Crippen LogP contribution is -1.85. The first kappa shape index (κ1) is 4.63. The molecule has 0 fully saturated rings. The molecule has 0 aromatic carbocycles. The summed E-state index contributed by atoms with van der Waals surface area (Å²) in [7, 11) is 0. The minimum Gasteiger partial charge on any atom is -0.0768 e. The van der Waals surface area contributed by atoms with Crippen molar-refractivity contribution < 1.29 is 0 Å². The summed E-state index contributed by atoms with van der Waals surface area (Å²) in [6.07, 6.45) is 10.1. The van der Waals surface area contributed by atoms with E-state index in [4.69, 9.17) is 0 Å². The van der Waals surface area contributed by atoms with E-state index >= 15 is 0 Å². The summed E-state index contributed by atoms with van der Waals surface area (Å²) in [6, 6.07) is 0. The Balaban J connectivity index is 2.49. The summed E-state index contributed by atoms with van der Waals surface area (Å²) < 4.78 is 0. The lowest BCUT2D eigenvalue weighted by molar-refractivity contribution is 1.05. The highest BCUT2D eigenvalue weighted by Crippen LogP contribution is 2.10. The van der Waals surface area contributed by atoms with Crippen LogP contribution in [-0.2, 0) is 0 Å². The van der Waals surface area contributed by atoms with Crippen molar-refractivity contribution in [3.05, 3.63) is 30.2 Å². The largest absolute Gasteiger partial charge is 0.0768 e. The van der Waals surface area contributed by atoms with Crippen molar-refractivity contribution in [3.63, 3.8) is 0 Å². The van der Waals surface area contributed by atoms with Crippen LogP contribution in [0.15, 0.2) is 18.2 Å². The van der Waals surface area contributed by atoms with Crippen LogP contribution in [0.25, 0.3) is 0 Å². The fourth-order valence-electron chi connectivity index (χ4n) is 0.546. The molecular weight excluding hydrogens is 84.1 g/mol. The van der Waals surface area contributed by atoms with Gasteiger partial charge in [-0.15, -0.1) is 0 Å². The minimum absolute atomic E-state index is 1.08. The molecule has 1 aliphatic carbocycles. The van der Waals surface area contributed by atoms with Gasteiger partial charge in [0.05, 0.1) is 0 Å². The van der Waals surface area contributed by atoms with Gasteiger partial charge in [-0.05, 0) is 18.4 Å². The highest BCUT2D eigenvalue weighted by molar-refractivity contribution is 5.18. The molecule has 0 atom stereocenters. The van der Waals surface area contributed by atoms with Crippen LogP contribution in [0, 0.1) is 12.0 Å². The van der Waals surface area contributed by atoms with Crippen molar-refractivity contribution in [1.29, 1.82) is 0 Å². The molecule has 0 aliphatic heterocycles. The SMILES string of the molecule is C[C]1C=C[C]=CC1. The second kappa shape index (κ2) is 1.97. The van der Waals surface area contributed by atoms with Gasteiger partial charge in [0.1, 0.15) is 0 Å². The van der Waals surface area contributed by atoms with Gasteiger partial charge < -0.3 is 0 Å². The van der Waals surface area contributed by atoms with Crippen molar-refractivity contribution in [2.24, 2.45) is 0 Å². The first-order chi connectivity index (χ1) is 3.39. The molecule has 1 aliphatic rings. The van der Waals surface area contributed by atoms with Crippen LogP contribution in [0.4, 0.5) is 0 Å². The molecule has 0 heteroatoms. The molecule has 1 rings (SSSR count). The van der Waals surface area contributed by atoms with Crippen molar-refractivity contribution in [3.8, 4) is 0 Å². The second-order valence-corrected chi connectivity index (χ2v) is 1.75. The molecule has 0 aromatic heterocycles. The maximum atomic E-state index is 2.99. The third-order valence-corrected chi connectivity index (χ3v) is 1.01. The fourth-order valence-corrected chi connectivity index (χ4v) is 0.546. The Hall–Kier alpha value is -0.520.